The summed E-state index contributed by atoms with van der Waals surface area (Å²) >= 11 is 0. The minimum absolute atomic E-state index is 0.251. The second-order valence-corrected chi connectivity index (χ2v) is 5.42. The number of fused-ring (bicyclic) bond motifs is 1. The Labute approximate surface area is 140 Å². The number of hydrogen-bond donors (Lipinski definition) is 1. The van der Waals surface area contributed by atoms with Crippen LogP contribution < -0.4 is 14.8 Å². The molecule has 1 aromatic heterocycles. The monoisotopic (exact) mass is 325 g/mol. The van der Waals surface area contributed by atoms with Crippen LogP contribution in [0.3, 0.4) is 0 Å². The third kappa shape index (κ3) is 2.93. The zero-order valence-electron chi connectivity index (χ0n) is 13.8. The summed E-state index contributed by atoms with van der Waals surface area (Å²) in [4.78, 5) is 12.6. The standard InChI is InChI=1S/C19H19NO4/c1-12(17-11-13-7-4-5-9-15(13)24-17)20-19(21)14-8-6-10-16(22-2)18(14)23-3/h4-12H,1-3H3,(H,20,21). The second kappa shape index (κ2) is 6.66. The number of ether oxygens (including phenoxy) is 2. The summed E-state index contributed by atoms with van der Waals surface area (Å²) in [5.74, 6) is 1.38. The van der Waals surface area contributed by atoms with Crippen molar-refractivity contribution < 1.29 is 18.7 Å². The van der Waals surface area contributed by atoms with Gasteiger partial charge in [0.05, 0.1) is 25.8 Å². The Morgan fingerprint density at radius 3 is 2.58 bits per heavy atom. The fourth-order valence-electron chi connectivity index (χ4n) is 2.63. The number of amides is 1. The molecule has 0 aliphatic rings. The molecule has 24 heavy (non-hydrogen) atoms. The molecule has 124 valence electrons. The van der Waals surface area contributed by atoms with E-state index >= 15 is 0 Å². The summed E-state index contributed by atoms with van der Waals surface area (Å²) in [6.45, 7) is 1.88. The van der Waals surface area contributed by atoms with E-state index < -0.39 is 0 Å². The molecule has 0 bridgehead atoms. The number of methoxy groups -OCH3 is 2. The number of furan rings is 1. The fraction of sp³-hybridized carbons (Fsp3) is 0.211. The van der Waals surface area contributed by atoms with Crippen LogP contribution in [0.4, 0.5) is 0 Å². The Kier molecular flexibility index (Phi) is 4.42. The lowest BCUT2D eigenvalue weighted by Gasteiger charge is -2.15. The lowest BCUT2D eigenvalue weighted by atomic mass is 10.1. The van der Waals surface area contributed by atoms with Crippen LogP contribution in [0, 0.1) is 0 Å². The highest BCUT2D eigenvalue weighted by atomic mass is 16.5. The van der Waals surface area contributed by atoms with Gasteiger partial charge in [0.2, 0.25) is 0 Å². The minimum Gasteiger partial charge on any atom is -0.493 e. The maximum atomic E-state index is 12.6. The molecule has 1 unspecified atom stereocenters. The summed E-state index contributed by atoms with van der Waals surface area (Å²) < 4.78 is 16.3. The first-order chi connectivity index (χ1) is 11.6. The van der Waals surface area contributed by atoms with Crippen LogP contribution in [0.5, 0.6) is 11.5 Å². The van der Waals surface area contributed by atoms with E-state index in [1.165, 1.54) is 14.2 Å². The molecule has 1 atom stereocenters. The molecule has 0 saturated heterocycles. The van der Waals surface area contributed by atoms with Gasteiger partial charge in [0.1, 0.15) is 11.3 Å². The summed E-state index contributed by atoms with van der Waals surface area (Å²) in [7, 11) is 3.05. The summed E-state index contributed by atoms with van der Waals surface area (Å²) in [5, 5.41) is 3.94. The van der Waals surface area contributed by atoms with E-state index in [-0.39, 0.29) is 11.9 Å². The zero-order chi connectivity index (χ0) is 17.1. The van der Waals surface area contributed by atoms with Gasteiger partial charge in [-0.25, -0.2) is 0 Å². The number of nitrogens with one attached hydrogen (secondary N) is 1. The lowest BCUT2D eigenvalue weighted by Crippen LogP contribution is -2.26. The molecule has 0 aliphatic heterocycles. The third-order valence-electron chi connectivity index (χ3n) is 3.87. The first-order valence-corrected chi connectivity index (χ1v) is 7.64. The molecule has 0 spiro atoms. The summed E-state index contributed by atoms with van der Waals surface area (Å²) in [5.41, 5.74) is 1.22. The van der Waals surface area contributed by atoms with Crippen LogP contribution in [-0.2, 0) is 0 Å². The Morgan fingerprint density at radius 1 is 1.08 bits per heavy atom. The van der Waals surface area contributed by atoms with Gasteiger partial charge in [-0.2, -0.15) is 0 Å². The van der Waals surface area contributed by atoms with Gasteiger partial charge in [-0.15, -0.1) is 0 Å². The van der Waals surface area contributed by atoms with Crippen molar-refractivity contribution in [3.8, 4) is 11.5 Å². The number of rotatable bonds is 5. The quantitative estimate of drug-likeness (QED) is 0.772. The Morgan fingerprint density at radius 2 is 1.88 bits per heavy atom. The molecular formula is C19H19NO4. The zero-order valence-corrected chi connectivity index (χ0v) is 13.8. The van der Waals surface area contributed by atoms with E-state index in [1.54, 1.807) is 18.2 Å². The first kappa shape index (κ1) is 15.9. The molecule has 3 rings (SSSR count). The molecule has 5 heteroatoms. The smallest absolute Gasteiger partial charge is 0.255 e. The highest BCUT2D eigenvalue weighted by Gasteiger charge is 2.20. The van der Waals surface area contributed by atoms with Crippen LogP contribution >= 0.6 is 0 Å². The highest BCUT2D eigenvalue weighted by molar-refractivity contribution is 5.98. The normalized spacial score (nSPS) is 12.0. The Balaban J connectivity index is 1.84. The van der Waals surface area contributed by atoms with Gasteiger partial charge in [0.25, 0.3) is 5.91 Å². The summed E-state index contributed by atoms with van der Waals surface area (Å²) in [6, 6.07) is 14.6. The van der Waals surface area contributed by atoms with Crippen LogP contribution in [-0.4, -0.2) is 20.1 Å². The van der Waals surface area contributed by atoms with E-state index in [0.717, 1.165) is 11.0 Å². The number of carbonyl (C=O) groups is 1. The molecule has 5 nitrogen and oxygen atoms in total. The van der Waals surface area contributed by atoms with Crippen molar-refractivity contribution in [2.45, 2.75) is 13.0 Å². The van der Waals surface area contributed by atoms with Crippen LogP contribution in [0.15, 0.2) is 52.9 Å². The first-order valence-electron chi connectivity index (χ1n) is 7.64. The predicted octanol–water partition coefficient (Wildman–Crippen LogP) is 3.94. The van der Waals surface area contributed by atoms with Crippen molar-refractivity contribution in [1.29, 1.82) is 0 Å². The average molecular weight is 325 g/mol. The number of hydrogen-bond acceptors (Lipinski definition) is 4. The maximum Gasteiger partial charge on any atom is 0.255 e. The maximum absolute atomic E-state index is 12.6. The van der Waals surface area contributed by atoms with Crippen LogP contribution in [0.2, 0.25) is 0 Å². The Bertz CT molecular complexity index is 836. The average Bonchev–Trinajstić information content (AvgIpc) is 3.05. The summed E-state index contributed by atoms with van der Waals surface area (Å²) in [6.07, 6.45) is 0. The molecule has 2 aromatic carbocycles. The number of para-hydroxylation sites is 2. The van der Waals surface area contributed by atoms with E-state index in [2.05, 4.69) is 5.32 Å². The van der Waals surface area contributed by atoms with Gasteiger partial charge in [-0.1, -0.05) is 24.3 Å². The van der Waals surface area contributed by atoms with Gasteiger partial charge in [0.15, 0.2) is 11.5 Å². The minimum atomic E-state index is -0.277. The van der Waals surface area contributed by atoms with Gasteiger partial charge < -0.3 is 19.2 Å². The van der Waals surface area contributed by atoms with E-state index in [4.69, 9.17) is 13.9 Å². The van der Waals surface area contributed by atoms with Crippen molar-refractivity contribution >= 4 is 16.9 Å². The molecule has 0 saturated carbocycles. The lowest BCUT2D eigenvalue weighted by molar-refractivity contribution is 0.0932. The molecule has 1 amide bonds. The molecular weight excluding hydrogens is 306 g/mol. The molecule has 0 aliphatic carbocycles. The van der Waals surface area contributed by atoms with Crippen LogP contribution in [0.25, 0.3) is 11.0 Å². The van der Waals surface area contributed by atoms with E-state index in [0.29, 0.717) is 22.8 Å². The Hall–Kier alpha value is -2.95. The largest absolute Gasteiger partial charge is 0.493 e. The van der Waals surface area contributed by atoms with E-state index in [1.807, 2.05) is 37.3 Å². The van der Waals surface area contributed by atoms with E-state index in [9.17, 15) is 4.79 Å². The molecule has 1 N–H and O–H groups in total. The van der Waals surface area contributed by atoms with Gasteiger partial charge in [-0.3, -0.25) is 4.79 Å². The molecule has 0 radical (unpaired) electrons. The topological polar surface area (TPSA) is 60.7 Å². The van der Waals surface area contributed by atoms with Crippen molar-refractivity contribution in [3.63, 3.8) is 0 Å². The number of benzene rings is 2. The van der Waals surface area contributed by atoms with Crippen molar-refractivity contribution in [2.24, 2.45) is 0 Å². The fourth-order valence-corrected chi connectivity index (χ4v) is 2.63. The highest BCUT2D eigenvalue weighted by Crippen LogP contribution is 2.31. The van der Waals surface area contributed by atoms with Gasteiger partial charge in [-0.05, 0) is 31.2 Å². The number of carbonyl (C=O) groups excluding carboxylic acids is 1. The third-order valence-corrected chi connectivity index (χ3v) is 3.87. The molecule has 1 heterocycles. The molecule has 0 fully saturated rings. The van der Waals surface area contributed by atoms with Gasteiger partial charge in [0, 0.05) is 5.39 Å². The second-order valence-electron chi connectivity index (χ2n) is 5.42. The van der Waals surface area contributed by atoms with Crippen molar-refractivity contribution in [3.05, 3.63) is 59.9 Å². The molecule has 3 aromatic rings. The predicted molar refractivity (Wildman–Crippen MR) is 91.6 cm³/mol. The van der Waals surface area contributed by atoms with Crippen LogP contribution in [0.1, 0.15) is 29.1 Å². The SMILES string of the molecule is COc1cccc(C(=O)NC(C)c2cc3ccccc3o2)c1OC. The van der Waals surface area contributed by atoms with Crippen molar-refractivity contribution in [1.82, 2.24) is 5.32 Å². The van der Waals surface area contributed by atoms with Gasteiger partial charge >= 0.3 is 0 Å². The van der Waals surface area contributed by atoms with Crippen molar-refractivity contribution in [2.75, 3.05) is 14.2 Å².